The molecule has 20 heavy (non-hydrogen) atoms. The van der Waals surface area contributed by atoms with Crippen LogP contribution in [-0.4, -0.2) is 27.4 Å². The third-order valence-corrected chi connectivity index (χ3v) is 2.93. The summed E-state index contributed by atoms with van der Waals surface area (Å²) in [7, 11) is 0. The van der Waals surface area contributed by atoms with Crippen LogP contribution in [-0.2, 0) is 24.3 Å². The van der Waals surface area contributed by atoms with Crippen molar-refractivity contribution in [2.45, 2.75) is 25.9 Å². The Hall–Kier alpha value is -2.21. The number of nitrogens with one attached hydrogen (secondary N) is 1. The Labute approximate surface area is 118 Å². The van der Waals surface area contributed by atoms with Crippen LogP contribution in [0.3, 0.4) is 0 Å². The first kappa shape index (κ1) is 14.2. The molecule has 1 aromatic heterocycles. The highest BCUT2D eigenvalue weighted by Crippen LogP contribution is 2.03. The van der Waals surface area contributed by atoms with Crippen molar-refractivity contribution in [3.8, 4) is 0 Å². The summed E-state index contributed by atoms with van der Waals surface area (Å²) in [4.78, 5) is 11.0. The first-order valence-electron chi connectivity index (χ1n) is 6.67. The van der Waals surface area contributed by atoms with Crippen molar-refractivity contribution in [3.05, 3.63) is 47.8 Å². The number of carbonyl (C=O) groups is 1. The van der Waals surface area contributed by atoms with E-state index in [1.165, 1.54) is 5.56 Å². The molecule has 1 aromatic carbocycles. The maximum atomic E-state index is 11.0. The fraction of sp³-hybridized carbons (Fsp3) is 0.357. The molecule has 0 fully saturated rings. The number of aromatic nitrogens is 3. The number of benzene rings is 1. The highest BCUT2D eigenvalue weighted by molar-refractivity contribution is 5.77. The number of nitrogens with zero attached hydrogens (tertiary/aromatic N) is 3. The van der Waals surface area contributed by atoms with E-state index in [-0.39, 0.29) is 12.5 Å². The fourth-order valence-electron chi connectivity index (χ4n) is 1.88. The van der Waals surface area contributed by atoms with E-state index in [4.69, 9.17) is 5.73 Å². The van der Waals surface area contributed by atoms with Crippen molar-refractivity contribution >= 4 is 5.91 Å². The van der Waals surface area contributed by atoms with Gasteiger partial charge in [0.25, 0.3) is 0 Å². The molecule has 0 aliphatic rings. The van der Waals surface area contributed by atoms with Gasteiger partial charge in [0.2, 0.25) is 5.91 Å². The summed E-state index contributed by atoms with van der Waals surface area (Å²) in [5.41, 5.74) is 7.27. The summed E-state index contributed by atoms with van der Waals surface area (Å²) in [5, 5.41) is 10.7. The summed E-state index contributed by atoms with van der Waals surface area (Å²) >= 11 is 0. The Morgan fingerprint density at radius 3 is 2.85 bits per heavy atom. The largest absolute Gasteiger partial charge is 0.349 e. The summed E-state index contributed by atoms with van der Waals surface area (Å²) < 4.78 is 1.80. The normalized spacial score (nSPS) is 10.4. The van der Waals surface area contributed by atoms with E-state index in [0.717, 1.165) is 25.1 Å². The molecule has 0 saturated carbocycles. The Kier molecular flexibility index (Phi) is 5.25. The Morgan fingerprint density at radius 1 is 1.30 bits per heavy atom. The van der Waals surface area contributed by atoms with Crippen molar-refractivity contribution in [2.75, 3.05) is 6.54 Å². The predicted octanol–water partition coefficient (Wildman–Crippen LogP) is 0.486. The summed E-state index contributed by atoms with van der Waals surface area (Å²) in [6.07, 6.45) is 3.86. The van der Waals surface area contributed by atoms with E-state index >= 15 is 0 Å². The van der Waals surface area contributed by atoms with Gasteiger partial charge in [0.15, 0.2) is 0 Å². The Bertz CT molecular complexity index is 538. The molecule has 1 heterocycles. The maximum Gasteiger partial charge on any atom is 0.234 e. The average Bonchev–Trinajstić information content (AvgIpc) is 2.94. The topological polar surface area (TPSA) is 85.8 Å². The van der Waals surface area contributed by atoms with Gasteiger partial charge >= 0.3 is 0 Å². The minimum atomic E-state index is -0.191. The molecule has 0 aliphatic carbocycles. The van der Waals surface area contributed by atoms with Crippen LogP contribution in [0.5, 0.6) is 0 Å². The van der Waals surface area contributed by atoms with Gasteiger partial charge in [-0.1, -0.05) is 35.5 Å². The number of amides is 1. The second-order valence-corrected chi connectivity index (χ2v) is 4.54. The van der Waals surface area contributed by atoms with E-state index in [1.807, 2.05) is 24.4 Å². The van der Waals surface area contributed by atoms with Crippen molar-refractivity contribution in [2.24, 2.45) is 5.73 Å². The number of hydrogen-bond acceptors (Lipinski definition) is 4. The van der Waals surface area contributed by atoms with Crippen molar-refractivity contribution in [1.29, 1.82) is 0 Å². The third kappa shape index (κ3) is 4.47. The Morgan fingerprint density at radius 2 is 2.10 bits per heavy atom. The number of hydrogen-bond donors (Lipinski definition) is 2. The van der Waals surface area contributed by atoms with Crippen LogP contribution in [0, 0.1) is 0 Å². The Balaban J connectivity index is 1.74. The van der Waals surface area contributed by atoms with Crippen LogP contribution in [0.1, 0.15) is 17.7 Å². The second-order valence-electron chi connectivity index (χ2n) is 4.54. The molecule has 2 rings (SSSR count). The minimum absolute atomic E-state index is 0.00872. The summed E-state index contributed by atoms with van der Waals surface area (Å²) in [6.45, 7) is 1.17. The molecule has 0 radical (unpaired) electrons. The zero-order chi connectivity index (χ0) is 14.2. The molecular formula is C14H19N5O. The first-order valence-corrected chi connectivity index (χ1v) is 6.67. The number of rotatable bonds is 7. The lowest BCUT2D eigenvalue weighted by molar-refractivity contribution is -0.119. The van der Waals surface area contributed by atoms with Crippen LogP contribution in [0.2, 0.25) is 0 Å². The second kappa shape index (κ2) is 7.40. The average molecular weight is 273 g/mol. The lowest BCUT2D eigenvalue weighted by Crippen LogP contribution is -2.29. The lowest BCUT2D eigenvalue weighted by Gasteiger charge is -2.01. The van der Waals surface area contributed by atoms with Gasteiger partial charge in [0.1, 0.15) is 5.69 Å². The van der Waals surface area contributed by atoms with Crippen LogP contribution in [0.4, 0.5) is 0 Å². The predicted molar refractivity (Wildman–Crippen MR) is 75.7 cm³/mol. The smallest absolute Gasteiger partial charge is 0.234 e. The quantitative estimate of drug-likeness (QED) is 0.768. The van der Waals surface area contributed by atoms with Gasteiger partial charge in [-0.2, -0.15) is 0 Å². The van der Waals surface area contributed by atoms with E-state index in [0.29, 0.717) is 6.54 Å². The molecule has 0 unspecified atom stereocenters. The van der Waals surface area contributed by atoms with E-state index < -0.39 is 0 Å². The van der Waals surface area contributed by atoms with Crippen LogP contribution in [0.25, 0.3) is 0 Å². The zero-order valence-corrected chi connectivity index (χ0v) is 11.3. The first-order chi connectivity index (χ1) is 9.78. The lowest BCUT2D eigenvalue weighted by atomic mass is 10.1. The van der Waals surface area contributed by atoms with Crippen LogP contribution < -0.4 is 11.1 Å². The van der Waals surface area contributed by atoms with E-state index in [2.05, 4.69) is 27.8 Å². The maximum absolute atomic E-state index is 11.0. The highest BCUT2D eigenvalue weighted by atomic mass is 16.1. The monoisotopic (exact) mass is 273 g/mol. The molecule has 2 aromatic rings. The molecule has 106 valence electrons. The number of aryl methyl sites for hydroxylation is 2. The van der Waals surface area contributed by atoms with Gasteiger partial charge in [-0.25, -0.2) is 0 Å². The van der Waals surface area contributed by atoms with Crippen LogP contribution >= 0.6 is 0 Å². The molecule has 0 bridgehead atoms. The fourth-order valence-corrected chi connectivity index (χ4v) is 1.88. The SMILES string of the molecule is NCC(=O)NCc1cn(CCCc2ccccc2)nn1. The molecule has 0 aliphatic heterocycles. The van der Waals surface area contributed by atoms with Crippen molar-refractivity contribution < 1.29 is 4.79 Å². The van der Waals surface area contributed by atoms with Crippen molar-refractivity contribution in [1.82, 2.24) is 20.3 Å². The van der Waals surface area contributed by atoms with E-state index in [9.17, 15) is 4.79 Å². The number of carbonyl (C=O) groups excluding carboxylic acids is 1. The molecule has 1 amide bonds. The van der Waals surface area contributed by atoms with Gasteiger partial charge in [-0.15, -0.1) is 5.10 Å². The van der Waals surface area contributed by atoms with Gasteiger partial charge < -0.3 is 11.1 Å². The van der Waals surface area contributed by atoms with Gasteiger partial charge in [0, 0.05) is 6.54 Å². The minimum Gasteiger partial charge on any atom is -0.349 e. The molecule has 6 heteroatoms. The summed E-state index contributed by atoms with van der Waals surface area (Å²) in [5.74, 6) is -0.191. The molecule has 0 spiro atoms. The molecule has 3 N–H and O–H groups in total. The van der Waals surface area contributed by atoms with Gasteiger partial charge in [0.05, 0.1) is 19.3 Å². The molecule has 0 saturated heterocycles. The molecule has 6 nitrogen and oxygen atoms in total. The molecular weight excluding hydrogens is 254 g/mol. The molecule has 0 atom stereocenters. The van der Waals surface area contributed by atoms with Crippen LogP contribution in [0.15, 0.2) is 36.5 Å². The number of nitrogens with two attached hydrogens (primary N) is 1. The summed E-state index contributed by atoms with van der Waals surface area (Å²) in [6, 6.07) is 10.3. The highest BCUT2D eigenvalue weighted by Gasteiger charge is 2.03. The van der Waals surface area contributed by atoms with Crippen molar-refractivity contribution in [3.63, 3.8) is 0 Å². The third-order valence-electron chi connectivity index (χ3n) is 2.93. The standard InChI is InChI=1S/C14H19N5O/c15-9-14(20)16-10-13-11-19(18-17-13)8-4-7-12-5-2-1-3-6-12/h1-3,5-6,11H,4,7-10,15H2,(H,16,20). The van der Waals surface area contributed by atoms with Gasteiger partial charge in [-0.05, 0) is 18.4 Å². The van der Waals surface area contributed by atoms with Gasteiger partial charge in [-0.3, -0.25) is 9.48 Å². The zero-order valence-electron chi connectivity index (χ0n) is 11.3. The van der Waals surface area contributed by atoms with E-state index in [1.54, 1.807) is 4.68 Å².